The van der Waals surface area contributed by atoms with E-state index in [0.717, 1.165) is 18.4 Å². The molecule has 122 valence electrons. The van der Waals surface area contributed by atoms with Gasteiger partial charge in [0, 0.05) is 18.2 Å². The normalized spacial score (nSPS) is 15.2. The Hall–Kier alpha value is -0.350. The summed E-state index contributed by atoms with van der Waals surface area (Å²) >= 11 is 5.94. The van der Waals surface area contributed by atoms with Crippen LogP contribution in [0.15, 0.2) is 17.0 Å². The van der Waals surface area contributed by atoms with Crippen molar-refractivity contribution in [2.45, 2.75) is 17.6 Å². The van der Waals surface area contributed by atoms with Crippen LogP contribution >= 0.6 is 11.6 Å². The Morgan fingerprint density at radius 3 is 2.52 bits per heavy atom. The molecule has 0 radical (unpaired) electrons. The van der Waals surface area contributed by atoms with E-state index >= 15 is 0 Å². The number of aromatic carboxylic acids is 1. The van der Waals surface area contributed by atoms with E-state index < -0.39 is 22.1 Å². The summed E-state index contributed by atoms with van der Waals surface area (Å²) in [5.41, 5.74) is -0.336. The Morgan fingerprint density at radius 1 is 1.39 bits per heavy atom. The third-order valence-electron chi connectivity index (χ3n) is 2.97. The van der Waals surface area contributed by atoms with Crippen molar-refractivity contribution in [2.24, 2.45) is 0 Å². The second-order valence-electron chi connectivity index (χ2n) is 4.62. The number of benzene rings is 1. The fraction of sp³-hybridized carbons (Fsp3) is 0.462. The Balaban J connectivity index is 0.00000264. The van der Waals surface area contributed by atoms with E-state index in [4.69, 9.17) is 25.8 Å². The van der Waals surface area contributed by atoms with E-state index in [1.807, 2.05) is 0 Å². The van der Waals surface area contributed by atoms with Crippen LogP contribution in [0.5, 0.6) is 5.75 Å². The first-order valence-corrected chi connectivity index (χ1v) is 8.67. The molecule has 0 atom stereocenters. The van der Waals surface area contributed by atoms with Crippen molar-refractivity contribution < 1.29 is 62.1 Å². The first kappa shape index (κ1) is 20.7. The summed E-state index contributed by atoms with van der Waals surface area (Å²) in [4.78, 5) is 10.8. The molecule has 0 saturated carbocycles. The monoisotopic (exact) mass is 372 g/mol. The fourth-order valence-electron chi connectivity index (χ4n) is 1.95. The zero-order valence-corrected chi connectivity index (χ0v) is 16.3. The quantitative estimate of drug-likeness (QED) is 0.499. The third-order valence-corrected chi connectivity index (χ3v) is 4.47. The van der Waals surface area contributed by atoms with Crippen molar-refractivity contribution in [1.29, 1.82) is 0 Å². The Kier molecular flexibility index (Phi) is 7.79. The predicted octanol–water partition coefficient (Wildman–Crippen LogP) is -2.75. The van der Waals surface area contributed by atoms with Gasteiger partial charge in [0.1, 0.15) is 4.90 Å². The zero-order chi connectivity index (χ0) is 16.3. The molecule has 0 amide bonds. The first-order valence-electron chi connectivity index (χ1n) is 6.40. The largest absolute Gasteiger partial charge is 1.00 e. The molecule has 0 aliphatic carbocycles. The summed E-state index contributed by atoms with van der Waals surface area (Å²) in [5, 5.41) is 10.7. The van der Waals surface area contributed by atoms with Crippen LogP contribution in [0.3, 0.4) is 0 Å². The number of hydrogen-bond donors (Lipinski definition) is 0. The van der Waals surface area contributed by atoms with Gasteiger partial charge in [-0.05, 0) is 6.07 Å². The van der Waals surface area contributed by atoms with E-state index in [0.29, 0.717) is 19.6 Å². The van der Waals surface area contributed by atoms with Gasteiger partial charge in [-0.15, -0.1) is 0 Å². The van der Waals surface area contributed by atoms with Crippen molar-refractivity contribution in [3.8, 4) is 5.75 Å². The minimum absolute atomic E-state index is 0. The molecule has 1 fully saturated rings. The van der Waals surface area contributed by atoms with Crippen LogP contribution in [0.1, 0.15) is 16.8 Å². The summed E-state index contributed by atoms with van der Waals surface area (Å²) < 4.78 is 39.3. The average Bonchev–Trinajstić information content (AvgIpc) is 2.91. The van der Waals surface area contributed by atoms with E-state index in [9.17, 15) is 18.3 Å². The summed E-state index contributed by atoms with van der Waals surface area (Å²) in [6.07, 6.45) is 0.910. The van der Waals surface area contributed by atoms with Crippen LogP contribution < -0.4 is 39.4 Å². The molecule has 1 aromatic rings. The van der Waals surface area contributed by atoms with Gasteiger partial charge < -0.3 is 24.1 Å². The van der Waals surface area contributed by atoms with Gasteiger partial charge >= 0.3 is 29.6 Å². The summed E-state index contributed by atoms with van der Waals surface area (Å²) in [5.74, 6) is -1.72. The fourth-order valence-corrected chi connectivity index (χ4v) is 3.12. The van der Waals surface area contributed by atoms with Crippen LogP contribution in [0, 0.1) is 0 Å². The summed E-state index contributed by atoms with van der Waals surface area (Å²) in [6.45, 7) is 1.03. The molecule has 0 bridgehead atoms. The number of hydrogen-bond acceptors (Lipinski definition) is 7. The molecule has 0 N–H and O–H groups in total. The molecule has 1 heterocycles. The number of carbonyl (C=O) groups excluding carboxylic acids is 1. The molecule has 1 aliphatic heterocycles. The smallest absolute Gasteiger partial charge is 0.545 e. The molecule has 2 rings (SSSR count). The second-order valence-corrected chi connectivity index (χ2v) is 6.98. The van der Waals surface area contributed by atoms with Gasteiger partial charge in [0.2, 0.25) is 0 Å². The molecule has 0 unspecified atom stereocenters. The number of sulfone groups is 1. The Morgan fingerprint density at radius 2 is 2.00 bits per heavy atom. The van der Waals surface area contributed by atoms with Crippen LogP contribution in [0.4, 0.5) is 0 Å². The summed E-state index contributed by atoms with van der Waals surface area (Å²) in [7, 11) is -3.63. The second kappa shape index (κ2) is 8.66. The number of rotatable bonds is 6. The van der Waals surface area contributed by atoms with Crippen molar-refractivity contribution in [3.05, 3.63) is 22.7 Å². The average molecular weight is 373 g/mol. The predicted molar refractivity (Wildman–Crippen MR) is 74.7 cm³/mol. The van der Waals surface area contributed by atoms with E-state index in [2.05, 4.69) is 0 Å². The number of carboxylic acids is 1. The molecule has 1 saturated heterocycles. The molecule has 0 aromatic heterocycles. The molecule has 23 heavy (non-hydrogen) atoms. The van der Waals surface area contributed by atoms with Crippen molar-refractivity contribution in [2.75, 3.05) is 26.1 Å². The topological polar surface area (TPSA) is 102 Å². The van der Waals surface area contributed by atoms with Crippen LogP contribution in [0.25, 0.3) is 0 Å². The maximum Gasteiger partial charge on any atom is 1.00 e. The van der Waals surface area contributed by atoms with Crippen LogP contribution in [-0.4, -0.2) is 46.8 Å². The van der Waals surface area contributed by atoms with Gasteiger partial charge in [-0.1, -0.05) is 17.7 Å². The maximum absolute atomic E-state index is 11.8. The van der Waals surface area contributed by atoms with Gasteiger partial charge in [-0.3, -0.25) is 0 Å². The van der Waals surface area contributed by atoms with Crippen LogP contribution in [-0.2, 0) is 19.3 Å². The van der Waals surface area contributed by atoms with Gasteiger partial charge in [0.15, 0.2) is 21.9 Å². The van der Waals surface area contributed by atoms with Crippen molar-refractivity contribution >= 4 is 27.4 Å². The van der Waals surface area contributed by atoms with E-state index in [-0.39, 0.29) is 57.4 Å². The number of carbonyl (C=O) groups is 1. The minimum atomic E-state index is -3.63. The molecule has 10 heteroatoms. The first-order chi connectivity index (χ1) is 10.3. The van der Waals surface area contributed by atoms with Crippen molar-refractivity contribution in [3.63, 3.8) is 0 Å². The number of ether oxygens (including phenoxy) is 3. The molecule has 7 nitrogen and oxygen atoms in total. The SMILES string of the molecule is CS(=O)(=O)c1ccc(C(=O)[O-])c(Cl)c1OCCC1OCCO1.[Na+]. The van der Waals surface area contributed by atoms with Crippen LogP contribution in [0.2, 0.25) is 5.02 Å². The summed E-state index contributed by atoms with van der Waals surface area (Å²) in [6, 6.07) is 2.20. The van der Waals surface area contributed by atoms with Gasteiger partial charge in [0.05, 0.1) is 30.8 Å². The molecular weight excluding hydrogens is 359 g/mol. The minimum Gasteiger partial charge on any atom is -0.545 e. The molecular formula is C13H14ClNaO7S. The Bertz CT molecular complexity index is 671. The number of halogens is 1. The standard InChI is InChI=1S/C13H15ClO7S.Na/c1-22(17,18)9-3-2-8(13(15)16)11(14)12(9)21-5-4-10-19-6-7-20-10;/h2-3,10H,4-7H2,1H3,(H,15,16);/q;+1/p-1. The van der Waals surface area contributed by atoms with Gasteiger partial charge in [-0.2, -0.15) is 0 Å². The molecule has 1 aliphatic rings. The van der Waals surface area contributed by atoms with Crippen molar-refractivity contribution in [1.82, 2.24) is 0 Å². The van der Waals surface area contributed by atoms with Gasteiger partial charge in [0.25, 0.3) is 0 Å². The van der Waals surface area contributed by atoms with Gasteiger partial charge in [-0.25, -0.2) is 8.42 Å². The van der Waals surface area contributed by atoms with E-state index in [1.54, 1.807) is 0 Å². The van der Waals surface area contributed by atoms with E-state index in [1.165, 1.54) is 0 Å². The number of carboxylic acid groups (broad SMARTS) is 1. The maximum atomic E-state index is 11.8. The third kappa shape index (κ3) is 5.32. The Labute approximate surface area is 161 Å². The zero-order valence-electron chi connectivity index (χ0n) is 12.7. The molecule has 1 aromatic carbocycles. The molecule has 0 spiro atoms.